The van der Waals surface area contributed by atoms with E-state index in [0.717, 1.165) is 24.5 Å². The highest BCUT2D eigenvalue weighted by atomic mass is 16.5. The van der Waals surface area contributed by atoms with Crippen molar-refractivity contribution in [2.45, 2.75) is 33.3 Å². The number of benzene rings is 1. The van der Waals surface area contributed by atoms with Gasteiger partial charge in [-0.3, -0.25) is 0 Å². The first kappa shape index (κ1) is 10.9. The summed E-state index contributed by atoms with van der Waals surface area (Å²) >= 11 is 0. The van der Waals surface area contributed by atoms with Crippen molar-refractivity contribution in [2.75, 3.05) is 6.61 Å². The quantitative estimate of drug-likeness (QED) is 0.716. The number of ether oxygens (including phenoxy) is 2. The lowest BCUT2D eigenvalue weighted by molar-refractivity contribution is 0.221. The highest BCUT2D eigenvalue weighted by Crippen LogP contribution is 2.27. The van der Waals surface area contributed by atoms with Gasteiger partial charge in [-0.25, -0.2) is 0 Å². The molecule has 0 amide bonds. The monoisotopic (exact) mass is 194 g/mol. The van der Waals surface area contributed by atoms with E-state index in [1.165, 1.54) is 0 Å². The molecule has 0 spiro atoms. The van der Waals surface area contributed by atoms with Crippen LogP contribution in [0.2, 0.25) is 0 Å². The number of hydrogen-bond donors (Lipinski definition) is 0. The lowest BCUT2D eigenvalue weighted by Crippen LogP contribution is -2.07. The van der Waals surface area contributed by atoms with Gasteiger partial charge in [-0.2, -0.15) is 0 Å². The summed E-state index contributed by atoms with van der Waals surface area (Å²) in [5, 5.41) is 0. The highest BCUT2D eigenvalue weighted by Gasteiger charge is 2.04. The summed E-state index contributed by atoms with van der Waals surface area (Å²) in [5.41, 5.74) is 0. The van der Waals surface area contributed by atoms with Crippen molar-refractivity contribution >= 4 is 0 Å². The zero-order valence-corrected chi connectivity index (χ0v) is 9.12. The molecule has 0 saturated heterocycles. The minimum atomic E-state index is 0.182. The predicted octanol–water partition coefficient (Wildman–Crippen LogP) is 3.26. The Morgan fingerprint density at radius 1 is 1.14 bits per heavy atom. The van der Waals surface area contributed by atoms with E-state index in [-0.39, 0.29) is 6.10 Å². The van der Waals surface area contributed by atoms with Crippen molar-refractivity contribution in [2.24, 2.45) is 0 Å². The van der Waals surface area contributed by atoms with Crippen LogP contribution in [0.25, 0.3) is 0 Å². The van der Waals surface area contributed by atoms with E-state index in [1.807, 2.05) is 38.1 Å². The third-order valence-electron chi connectivity index (χ3n) is 1.67. The van der Waals surface area contributed by atoms with Gasteiger partial charge in [-0.1, -0.05) is 19.1 Å². The molecular formula is C12H18O2. The molecule has 0 saturated carbocycles. The van der Waals surface area contributed by atoms with Crippen molar-refractivity contribution in [1.29, 1.82) is 0 Å². The largest absolute Gasteiger partial charge is 0.490 e. The van der Waals surface area contributed by atoms with E-state index in [4.69, 9.17) is 9.47 Å². The average Bonchev–Trinajstić information content (AvgIpc) is 2.16. The van der Waals surface area contributed by atoms with Crippen molar-refractivity contribution < 1.29 is 9.47 Å². The molecule has 78 valence electrons. The number of para-hydroxylation sites is 2. The fraction of sp³-hybridized carbons (Fsp3) is 0.500. The van der Waals surface area contributed by atoms with Crippen LogP contribution in [0.5, 0.6) is 11.5 Å². The lowest BCUT2D eigenvalue weighted by atomic mass is 10.3. The first-order valence-electron chi connectivity index (χ1n) is 5.12. The second-order valence-electron chi connectivity index (χ2n) is 3.46. The Balaban J connectivity index is 2.69. The Bertz CT molecular complexity index is 269. The summed E-state index contributed by atoms with van der Waals surface area (Å²) in [5.74, 6) is 1.67. The Morgan fingerprint density at radius 3 is 2.36 bits per heavy atom. The van der Waals surface area contributed by atoms with E-state index in [2.05, 4.69) is 6.92 Å². The van der Waals surface area contributed by atoms with Crippen LogP contribution in [-0.2, 0) is 0 Å². The third-order valence-corrected chi connectivity index (χ3v) is 1.67. The van der Waals surface area contributed by atoms with E-state index >= 15 is 0 Å². The molecule has 0 aliphatic heterocycles. The summed E-state index contributed by atoms with van der Waals surface area (Å²) in [6, 6.07) is 7.78. The lowest BCUT2D eigenvalue weighted by Gasteiger charge is -2.14. The molecule has 0 aromatic heterocycles. The predicted molar refractivity (Wildman–Crippen MR) is 58.0 cm³/mol. The highest BCUT2D eigenvalue weighted by molar-refractivity contribution is 5.39. The van der Waals surface area contributed by atoms with E-state index in [0.29, 0.717) is 0 Å². The molecule has 0 heterocycles. The second-order valence-corrected chi connectivity index (χ2v) is 3.46. The van der Waals surface area contributed by atoms with Gasteiger partial charge in [-0.15, -0.1) is 0 Å². The first-order chi connectivity index (χ1) is 6.74. The van der Waals surface area contributed by atoms with Gasteiger partial charge in [0, 0.05) is 0 Å². The van der Waals surface area contributed by atoms with Crippen LogP contribution in [0.1, 0.15) is 27.2 Å². The summed E-state index contributed by atoms with van der Waals surface area (Å²) < 4.78 is 11.2. The molecule has 0 atom stereocenters. The number of rotatable bonds is 5. The molecule has 0 unspecified atom stereocenters. The Hall–Kier alpha value is -1.18. The molecule has 1 aromatic carbocycles. The Kier molecular flexibility index (Phi) is 4.30. The topological polar surface area (TPSA) is 18.5 Å². The molecule has 2 heteroatoms. The molecule has 2 nitrogen and oxygen atoms in total. The van der Waals surface area contributed by atoms with Crippen LogP contribution >= 0.6 is 0 Å². The average molecular weight is 194 g/mol. The molecular weight excluding hydrogens is 176 g/mol. The van der Waals surface area contributed by atoms with Crippen LogP contribution in [-0.4, -0.2) is 12.7 Å². The Labute approximate surface area is 85.8 Å². The van der Waals surface area contributed by atoms with Crippen LogP contribution < -0.4 is 9.47 Å². The molecule has 0 bridgehead atoms. The van der Waals surface area contributed by atoms with Gasteiger partial charge in [0.15, 0.2) is 11.5 Å². The van der Waals surface area contributed by atoms with Gasteiger partial charge in [0.25, 0.3) is 0 Å². The molecule has 0 aliphatic carbocycles. The van der Waals surface area contributed by atoms with Gasteiger partial charge in [0.1, 0.15) is 0 Å². The summed E-state index contributed by atoms with van der Waals surface area (Å²) in [6.07, 6.45) is 1.19. The summed E-state index contributed by atoms with van der Waals surface area (Å²) in [6.45, 7) is 6.84. The van der Waals surface area contributed by atoms with E-state index < -0.39 is 0 Å². The van der Waals surface area contributed by atoms with Crippen LogP contribution in [0.4, 0.5) is 0 Å². The van der Waals surface area contributed by atoms with Crippen LogP contribution in [0.15, 0.2) is 24.3 Å². The molecule has 0 N–H and O–H groups in total. The van der Waals surface area contributed by atoms with Gasteiger partial charge in [-0.05, 0) is 32.4 Å². The van der Waals surface area contributed by atoms with Crippen molar-refractivity contribution in [3.8, 4) is 11.5 Å². The molecule has 0 fully saturated rings. The molecule has 0 aliphatic rings. The van der Waals surface area contributed by atoms with Crippen molar-refractivity contribution in [3.63, 3.8) is 0 Å². The maximum Gasteiger partial charge on any atom is 0.161 e. The summed E-state index contributed by atoms with van der Waals surface area (Å²) in [7, 11) is 0. The molecule has 1 rings (SSSR count). The molecule has 1 aromatic rings. The van der Waals surface area contributed by atoms with Crippen LogP contribution in [0, 0.1) is 0 Å². The fourth-order valence-electron chi connectivity index (χ4n) is 1.13. The van der Waals surface area contributed by atoms with Crippen LogP contribution in [0.3, 0.4) is 0 Å². The SMILES string of the molecule is CCCOc1ccccc1OC(C)C. The van der Waals surface area contributed by atoms with Gasteiger partial charge in [0.2, 0.25) is 0 Å². The zero-order chi connectivity index (χ0) is 10.4. The normalized spacial score (nSPS) is 10.3. The molecule has 0 radical (unpaired) electrons. The minimum absolute atomic E-state index is 0.182. The summed E-state index contributed by atoms with van der Waals surface area (Å²) in [4.78, 5) is 0. The Morgan fingerprint density at radius 2 is 1.79 bits per heavy atom. The van der Waals surface area contributed by atoms with Gasteiger partial charge >= 0.3 is 0 Å². The maximum atomic E-state index is 5.62. The number of hydrogen-bond acceptors (Lipinski definition) is 2. The smallest absolute Gasteiger partial charge is 0.161 e. The van der Waals surface area contributed by atoms with Gasteiger partial charge in [0.05, 0.1) is 12.7 Å². The van der Waals surface area contributed by atoms with E-state index in [9.17, 15) is 0 Å². The van der Waals surface area contributed by atoms with E-state index in [1.54, 1.807) is 0 Å². The third kappa shape index (κ3) is 3.29. The minimum Gasteiger partial charge on any atom is -0.490 e. The molecule has 14 heavy (non-hydrogen) atoms. The van der Waals surface area contributed by atoms with Crippen molar-refractivity contribution in [3.05, 3.63) is 24.3 Å². The zero-order valence-electron chi connectivity index (χ0n) is 9.12. The standard InChI is InChI=1S/C12H18O2/c1-4-9-13-11-7-5-6-8-12(11)14-10(2)3/h5-8,10H,4,9H2,1-3H3. The van der Waals surface area contributed by atoms with Crippen molar-refractivity contribution in [1.82, 2.24) is 0 Å². The fourth-order valence-corrected chi connectivity index (χ4v) is 1.13. The van der Waals surface area contributed by atoms with Gasteiger partial charge < -0.3 is 9.47 Å². The second kappa shape index (κ2) is 5.53. The first-order valence-corrected chi connectivity index (χ1v) is 5.12. The maximum absolute atomic E-state index is 5.62.